The largest absolute Gasteiger partial charge is 0.329 e. The first-order chi connectivity index (χ1) is 20.1. The number of allylic oxidation sites excluding steroid dienone is 2. The highest BCUT2D eigenvalue weighted by molar-refractivity contribution is 7.99. The minimum absolute atomic E-state index is 0.0496. The fraction of sp³-hybridized carbons (Fsp3) is 0.312. The molecular weight excluding hydrogens is 569 g/mol. The zero-order chi connectivity index (χ0) is 30.2. The molecule has 220 valence electrons. The van der Waals surface area contributed by atoms with Crippen LogP contribution in [0.1, 0.15) is 63.5 Å². The van der Waals surface area contributed by atoms with Crippen molar-refractivity contribution in [3.05, 3.63) is 126 Å². The number of rotatable bonds is 8. The number of nitrogens with one attached hydrogen (secondary N) is 3. The normalized spacial score (nSPS) is 13.0. The zero-order valence-electron chi connectivity index (χ0n) is 24.2. The number of nitrogens with zero attached hydrogens (tertiary/aromatic N) is 1. The van der Waals surface area contributed by atoms with Crippen LogP contribution in [-0.2, 0) is 6.54 Å². The predicted octanol–water partition coefficient (Wildman–Crippen LogP) is 6.12. The van der Waals surface area contributed by atoms with Gasteiger partial charge in [-0.1, -0.05) is 99.8 Å². The molecule has 8 nitrogen and oxygen atoms in total. The first kappa shape index (κ1) is 31.2. The van der Waals surface area contributed by atoms with Gasteiger partial charge in [-0.3, -0.25) is 24.1 Å². The first-order valence-corrected chi connectivity index (χ1v) is 15.6. The number of aromatic amines is 3. The topological polar surface area (TPSA) is 121 Å². The quantitative estimate of drug-likeness (QED) is 0.165. The Morgan fingerprint density at radius 2 is 1.24 bits per heavy atom. The number of H-pyrrole nitrogens is 3. The molecule has 0 atom stereocenters. The van der Waals surface area contributed by atoms with Gasteiger partial charge in [-0.05, 0) is 54.9 Å². The average Bonchev–Trinajstić information content (AvgIpc) is 3.45. The monoisotopic (exact) mass is 604 g/mol. The fourth-order valence-corrected chi connectivity index (χ4v) is 7.05. The van der Waals surface area contributed by atoms with Crippen molar-refractivity contribution in [3.63, 3.8) is 0 Å². The van der Waals surface area contributed by atoms with Crippen molar-refractivity contribution in [2.45, 2.75) is 78.8 Å². The van der Waals surface area contributed by atoms with E-state index in [1.807, 2.05) is 88.4 Å². The summed E-state index contributed by atoms with van der Waals surface area (Å²) in [5.74, 6) is 0.522. The Bertz CT molecular complexity index is 1750. The van der Waals surface area contributed by atoms with E-state index >= 15 is 0 Å². The molecular formula is C32H36N4O4S2. The maximum absolute atomic E-state index is 12.5. The van der Waals surface area contributed by atoms with E-state index in [0.29, 0.717) is 28.6 Å². The predicted molar refractivity (Wildman–Crippen MR) is 170 cm³/mol. The van der Waals surface area contributed by atoms with Crippen LogP contribution < -0.4 is 22.5 Å². The Hall–Kier alpha value is -3.76. The van der Waals surface area contributed by atoms with Crippen molar-refractivity contribution in [2.75, 3.05) is 0 Å². The van der Waals surface area contributed by atoms with Crippen LogP contribution in [0.15, 0.2) is 112 Å². The maximum atomic E-state index is 12.5. The van der Waals surface area contributed by atoms with Gasteiger partial charge in [0.1, 0.15) is 0 Å². The number of aromatic nitrogens is 4. The van der Waals surface area contributed by atoms with Gasteiger partial charge in [-0.2, -0.15) is 0 Å². The van der Waals surface area contributed by atoms with Crippen molar-refractivity contribution in [1.82, 2.24) is 19.5 Å². The highest BCUT2D eigenvalue weighted by atomic mass is 32.2. The Labute approximate surface area is 252 Å². The first-order valence-electron chi connectivity index (χ1n) is 14.0. The van der Waals surface area contributed by atoms with Crippen LogP contribution >= 0.6 is 23.5 Å². The average molecular weight is 605 g/mol. The molecule has 0 radical (unpaired) electrons. The van der Waals surface area contributed by atoms with Gasteiger partial charge in [0.25, 0.3) is 11.1 Å². The molecule has 0 bridgehead atoms. The van der Waals surface area contributed by atoms with Gasteiger partial charge in [0.05, 0.1) is 21.2 Å². The third-order valence-corrected chi connectivity index (χ3v) is 8.93. The minimum Gasteiger partial charge on any atom is -0.301 e. The Kier molecular flexibility index (Phi) is 10.7. The molecule has 10 heteroatoms. The van der Waals surface area contributed by atoms with Crippen LogP contribution in [0, 0.1) is 5.92 Å². The van der Waals surface area contributed by atoms with Gasteiger partial charge in [0, 0.05) is 16.3 Å². The van der Waals surface area contributed by atoms with Gasteiger partial charge in [-0.25, -0.2) is 9.59 Å². The van der Waals surface area contributed by atoms with Gasteiger partial charge in [0.2, 0.25) is 0 Å². The van der Waals surface area contributed by atoms with Crippen molar-refractivity contribution in [3.8, 4) is 0 Å². The van der Waals surface area contributed by atoms with E-state index in [-0.39, 0.29) is 28.6 Å². The highest BCUT2D eigenvalue weighted by Gasteiger charge is 2.21. The molecule has 0 saturated carbocycles. The lowest BCUT2D eigenvalue weighted by atomic mass is 10.1. The van der Waals surface area contributed by atoms with E-state index < -0.39 is 5.69 Å². The molecule has 0 amide bonds. The molecule has 2 aromatic carbocycles. The molecule has 0 fully saturated rings. The summed E-state index contributed by atoms with van der Waals surface area (Å²) in [5.41, 5.74) is -0.0585. The SMILES string of the molecule is CC(C)c1c(Sc2ccccc2)[nH]c(=O)[nH]c1=O.CC(C)c1c(Sc2ccccc2)n(CC2CC=CC2)c(=O)[nH]c1=O. The summed E-state index contributed by atoms with van der Waals surface area (Å²) >= 11 is 2.90. The molecule has 1 aliphatic rings. The molecule has 2 aromatic heterocycles. The van der Waals surface area contributed by atoms with Crippen LogP contribution in [0.5, 0.6) is 0 Å². The molecule has 4 aromatic rings. The molecule has 0 saturated heterocycles. The molecule has 2 heterocycles. The van der Waals surface area contributed by atoms with Gasteiger partial charge < -0.3 is 4.98 Å². The van der Waals surface area contributed by atoms with Crippen molar-refractivity contribution in [2.24, 2.45) is 5.92 Å². The van der Waals surface area contributed by atoms with E-state index in [4.69, 9.17) is 0 Å². The van der Waals surface area contributed by atoms with Crippen molar-refractivity contribution < 1.29 is 0 Å². The second-order valence-electron chi connectivity index (χ2n) is 10.7. The summed E-state index contributed by atoms with van der Waals surface area (Å²) < 4.78 is 1.76. The second kappa shape index (κ2) is 14.4. The summed E-state index contributed by atoms with van der Waals surface area (Å²) in [6, 6.07) is 19.5. The second-order valence-corrected chi connectivity index (χ2v) is 12.8. The maximum Gasteiger partial charge on any atom is 0.329 e. The molecule has 5 rings (SSSR count). The van der Waals surface area contributed by atoms with Gasteiger partial charge >= 0.3 is 11.4 Å². The molecule has 3 N–H and O–H groups in total. The number of hydrogen-bond acceptors (Lipinski definition) is 6. The number of hydrogen-bond donors (Lipinski definition) is 3. The van der Waals surface area contributed by atoms with E-state index in [2.05, 4.69) is 27.1 Å². The standard InChI is InChI=1S/C19H22N2O2S.C13H14N2O2S/c1-13(2)16-17(22)20-19(23)21(12-14-8-6-7-9-14)18(16)24-15-10-4-3-5-11-15;1-8(2)10-11(16)14-13(17)15-12(10)18-9-6-4-3-5-7-9/h3-7,10-11,13-14H,8-9,12H2,1-2H3,(H,20,22,23);3-8H,1-2H3,(H2,14,15,16,17). The molecule has 0 unspecified atom stereocenters. The Balaban J connectivity index is 0.000000201. The Morgan fingerprint density at radius 3 is 1.79 bits per heavy atom. The van der Waals surface area contributed by atoms with E-state index in [9.17, 15) is 19.2 Å². The molecule has 42 heavy (non-hydrogen) atoms. The summed E-state index contributed by atoms with van der Waals surface area (Å²) in [6.45, 7) is 8.48. The van der Waals surface area contributed by atoms with Crippen LogP contribution in [0.4, 0.5) is 0 Å². The van der Waals surface area contributed by atoms with E-state index in [1.54, 1.807) is 4.57 Å². The summed E-state index contributed by atoms with van der Waals surface area (Å²) in [7, 11) is 0. The summed E-state index contributed by atoms with van der Waals surface area (Å²) in [4.78, 5) is 57.5. The summed E-state index contributed by atoms with van der Waals surface area (Å²) in [5, 5.41) is 1.39. The van der Waals surface area contributed by atoms with Crippen LogP contribution in [0.2, 0.25) is 0 Å². The third kappa shape index (κ3) is 7.95. The van der Waals surface area contributed by atoms with Gasteiger partial charge in [0.15, 0.2) is 0 Å². The fourth-order valence-electron chi connectivity index (χ4n) is 4.72. The van der Waals surface area contributed by atoms with Crippen molar-refractivity contribution in [1.29, 1.82) is 0 Å². The third-order valence-electron chi connectivity index (χ3n) is 6.75. The van der Waals surface area contributed by atoms with Crippen LogP contribution in [-0.4, -0.2) is 19.5 Å². The highest BCUT2D eigenvalue weighted by Crippen LogP contribution is 2.33. The van der Waals surface area contributed by atoms with Crippen LogP contribution in [0.3, 0.4) is 0 Å². The lowest BCUT2D eigenvalue weighted by Crippen LogP contribution is -2.35. The van der Waals surface area contributed by atoms with E-state index in [0.717, 1.165) is 27.7 Å². The zero-order valence-corrected chi connectivity index (χ0v) is 25.8. The minimum atomic E-state index is -0.470. The van der Waals surface area contributed by atoms with Gasteiger partial charge in [-0.15, -0.1) is 0 Å². The summed E-state index contributed by atoms with van der Waals surface area (Å²) in [6.07, 6.45) is 6.29. The lowest BCUT2D eigenvalue weighted by Gasteiger charge is -2.20. The van der Waals surface area contributed by atoms with Crippen LogP contribution in [0.25, 0.3) is 0 Å². The molecule has 0 aliphatic heterocycles. The van der Waals surface area contributed by atoms with E-state index in [1.165, 1.54) is 23.5 Å². The Morgan fingerprint density at radius 1 is 0.714 bits per heavy atom. The van der Waals surface area contributed by atoms with Crippen molar-refractivity contribution >= 4 is 23.5 Å². The number of benzene rings is 2. The molecule has 1 aliphatic carbocycles. The smallest absolute Gasteiger partial charge is 0.301 e. The molecule has 0 spiro atoms. The lowest BCUT2D eigenvalue weighted by molar-refractivity contribution is 0.428.